The van der Waals surface area contributed by atoms with Gasteiger partial charge in [-0.2, -0.15) is 0 Å². The summed E-state index contributed by atoms with van der Waals surface area (Å²) >= 11 is 0. The molecule has 96 valence electrons. The van der Waals surface area contributed by atoms with Crippen molar-refractivity contribution in [1.82, 2.24) is 0 Å². The number of benzene rings is 1. The molecule has 0 aromatic heterocycles. The van der Waals surface area contributed by atoms with Gasteiger partial charge in [0.2, 0.25) is 0 Å². The zero-order valence-electron chi connectivity index (χ0n) is 10.6. The predicted octanol–water partition coefficient (Wildman–Crippen LogP) is 1.74. The Kier molecular flexibility index (Phi) is 2.84. The third-order valence-corrected chi connectivity index (χ3v) is 3.55. The number of ketones is 1. The Balaban J connectivity index is 2.06. The van der Waals surface area contributed by atoms with E-state index < -0.39 is 0 Å². The van der Waals surface area contributed by atoms with Crippen LogP contribution in [0.3, 0.4) is 0 Å². The molecule has 0 aliphatic carbocycles. The van der Waals surface area contributed by atoms with E-state index in [0.717, 1.165) is 35.5 Å². The van der Waals surface area contributed by atoms with Crippen LogP contribution in [0.25, 0.3) is 0 Å². The van der Waals surface area contributed by atoms with Gasteiger partial charge in [0.25, 0.3) is 0 Å². The molecule has 0 radical (unpaired) electrons. The SMILES string of the molecule is COc1ccc2c(c1CC1CO1)COC(C)C2=O. The first-order valence-electron chi connectivity index (χ1n) is 6.17. The van der Waals surface area contributed by atoms with Gasteiger partial charge in [0, 0.05) is 17.5 Å². The van der Waals surface area contributed by atoms with Gasteiger partial charge in [-0.05, 0) is 24.6 Å². The van der Waals surface area contributed by atoms with Crippen molar-refractivity contribution in [2.75, 3.05) is 13.7 Å². The monoisotopic (exact) mass is 248 g/mol. The molecule has 0 amide bonds. The lowest BCUT2D eigenvalue weighted by atomic mass is 9.91. The van der Waals surface area contributed by atoms with Crippen LogP contribution in [0.5, 0.6) is 5.75 Å². The molecule has 1 aromatic rings. The minimum atomic E-state index is -0.351. The molecule has 2 atom stereocenters. The van der Waals surface area contributed by atoms with Gasteiger partial charge in [0.15, 0.2) is 5.78 Å². The Morgan fingerprint density at radius 2 is 2.17 bits per heavy atom. The van der Waals surface area contributed by atoms with E-state index in [0.29, 0.717) is 6.61 Å². The van der Waals surface area contributed by atoms with E-state index in [1.54, 1.807) is 14.0 Å². The maximum atomic E-state index is 12.1. The van der Waals surface area contributed by atoms with Crippen molar-refractivity contribution < 1.29 is 19.0 Å². The van der Waals surface area contributed by atoms with Gasteiger partial charge in [0.1, 0.15) is 11.9 Å². The molecule has 3 rings (SSSR count). The van der Waals surface area contributed by atoms with Gasteiger partial charge in [-0.1, -0.05) is 0 Å². The maximum Gasteiger partial charge on any atom is 0.191 e. The van der Waals surface area contributed by atoms with Crippen LogP contribution in [0, 0.1) is 0 Å². The Hall–Kier alpha value is -1.39. The molecule has 2 unspecified atom stereocenters. The summed E-state index contributed by atoms with van der Waals surface area (Å²) in [6, 6.07) is 3.71. The highest BCUT2D eigenvalue weighted by atomic mass is 16.6. The Labute approximate surface area is 106 Å². The molecular formula is C14H16O4. The molecule has 1 fully saturated rings. The summed E-state index contributed by atoms with van der Waals surface area (Å²) in [5, 5.41) is 0. The van der Waals surface area contributed by atoms with Crippen molar-refractivity contribution in [3.05, 3.63) is 28.8 Å². The van der Waals surface area contributed by atoms with Gasteiger partial charge in [-0.3, -0.25) is 4.79 Å². The quantitative estimate of drug-likeness (QED) is 0.764. The van der Waals surface area contributed by atoms with Gasteiger partial charge >= 0.3 is 0 Å². The number of methoxy groups -OCH3 is 1. The average molecular weight is 248 g/mol. The molecule has 2 heterocycles. The standard InChI is InChI=1S/C14H16O4/c1-8-14(15)10-3-4-13(16-2)11(5-9-6-18-9)12(10)7-17-8/h3-4,8-9H,5-7H2,1-2H3. The maximum absolute atomic E-state index is 12.1. The smallest absolute Gasteiger partial charge is 0.191 e. The van der Waals surface area contributed by atoms with Gasteiger partial charge in [0.05, 0.1) is 26.4 Å². The van der Waals surface area contributed by atoms with Crippen LogP contribution >= 0.6 is 0 Å². The molecule has 1 aromatic carbocycles. The number of hydrogen-bond donors (Lipinski definition) is 0. The van der Waals surface area contributed by atoms with E-state index in [2.05, 4.69) is 0 Å². The number of epoxide rings is 1. The summed E-state index contributed by atoms with van der Waals surface area (Å²) in [6.07, 6.45) is 0.702. The zero-order valence-corrected chi connectivity index (χ0v) is 10.6. The Morgan fingerprint density at radius 3 is 2.83 bits per heavy atom. The zero-order chi connectivity index (χ0) is 12.7. The lowest BCUT2D eigenvalue weighted by molar-refractivity contribution is 0.0332. The van der Waals surface area contributed by atoms with Gasteiger partial charge in [-0.15, -0.1) is 0 Å². The number of Topliss-reactive ketones (excluding diaryl/α,β-unsaturated/α-hetero) is 1. The highest BCUT2D eigenvalue weighted by Crippen LogP contribution is 2.33. The van der Waals surface area contributed by atoms with Crippen molar-refractivity contribution in [3.8, 4) is 5.75 Å². The summed E-state index contributed by atoms with van der Waals surface area (Å²) in [6.45, 7) is 3.05. The van der Waals surface area contributed by atoms with E-state index in [1.807, 2.05) is 12.1 Å². The first kappa shape index (κ1) is 11.7. The van der Waals surface area contributed by atoms with Crippen LogP contribution < -0.4 is 4.74 Å². The highest BCUT2D eigenvalue weighted by molar-refractivity contribution is 6.01. The first-order chi connectivity index (χ1) is 8.70. The second kappa shape index (κ2) is 4.37. The molecule has 18 heavy (non-hydrogen) atoms. The second-order valence-corrected chi connectivity index (χ2v) is 4.75. The van der Waals surface area contributed by atoms with Crippen LogP contribution in [0.4, 0.5) is 0 Å². The van der Waals surface area contributed by atoms with E-state index in [4.69, 9.17) is 14.2 Å². The molecule has 1 saturated heterocycles. The summed E-state index contributed by atoms with van der Waals surface area (Å²) in [7, 11) is 1.65. The fourth-order valence-corrected chi connectivity index (χ4v) is 2.40. The molecule has 4 heteroatoms. The molecule has 0 saturated carbocycles. The largest absolute Gasteiger partial charge is 0.496 e. The van der Waals surface area contributed by atoms with Crippen molar-refractivity contribution in [3.63, 3.8) is 0 Å². The minimum absolute atomic E-state index is 0.0527. The number of rotatable bonds is 3. The molecule has 2 aliphatic rings. The van der Waals surface area contributed by atoms with E-state index >= 15 is 0 Å². The second-order valence-electron chi connectivity index (χ2n) is 4.75. The van der Waals surface area contributed by atoms with E-state index in [9.17, 15) is 4.79 Å². The van der Waals surface area contributed by atoms with Crippen LogP contribution in [0.2, 0.25) is 0 Å². The van der Waals surface area contributed by atoms with Crippen LogP contribution in [0.15, 0.2) is 12.1 Å². The summed E-state index contributed by atoms with van der Waals surface area (Å²) in [4.78, 5) is 12.1. The Bertz CT molecular complexity index is 491. The molecular weight excluding hydrogens is 232 g/mol. The fraction of sp³-hybridized carbons (Fsp3) is 0.500. The van der Waals surface area contributed by atoms with Crippen molar-refractivity contribution >= 4 is 5.78 Å². The number of carbonyl (C=O) groups excluding carboxylic acids is 1. The topological polar surface area (TPSA) is 48.1 Å². The number of fused-ring (bicyclic) bond motifs is 1. The highest BCUT2D eigenvalue weighted by Gasteiger charge is 2.31. The third kappa shape index (κ3) is 1.91. The van der Waals surface area contributed by atoms with Crippen molar-refractivity contribution in [1.29, 1.82) is 0 Å². The molecule has 0 bridgehead atoms. The summed E-state index contributed by atoms with van der Waals surface area (Å²) in [5.41, 5.74) is 2.79. The summed E-state index contributed by atoms with van der Waals surface area (Å²) in [5.74, 6) is 0.868. The first-order valence-corrected chi connectivity index (χ1v) is 6.17. The fourth-order valence-electron chi connectivity index (χ4n) is 2.40. The Morgan fingerprint density at radius 1 is 1.39 bits per heavy atom. The molecule has 4 nitrogen and oxygen atoms in total. The number of carbonyl (C=O) groups is 1. The molecule has 0 N–H and O–H groups in total. The number of ether oxygens (including phenoxy) is 3. The molecule has 0 spiro atoms. The van der Waals surface area contributed by atoms with Crippen LogP contribution in [-0.2, 0) is 22.5 Å². The van der Waals surface area contributed by atoms with E-state index in [1.165, 1.54) is 0 Å². The van der Waals surface area contributed by atoms with Gasteiger partial charge < -0.3 is 14.2 Å². The lowest BCUT2D eigenvalue weighted by Crippen LogP contribution is -2.28. The van der Waals surface area contributed by atoms with Crippen molar-refractivity contribution in [2.45, 2.75) is 32.2 Å². The number of hydrogen-bond acceptors (Lipinski definition) is 4. The van der Waals surface area contributed by atoms with Crippen LogP contribution in [-0.4, -0.2) is 31.7 Å². The summed E-state index contributed by atoms with van der Waals surface area (Å²) < 4.78 is 16.2. The van der Waals surface area contributed by atoms with Gasteiger partial charge in [-0.25, -0.2) is 0 Å². The normalized spacial score (nSPS) is 25.8. The van der Waals surface area contributed by atoms with E-state index in [-0.39, 0.29) is 18.0 Å². The van der Waals surface area contributed by atoms with Crippen LogP contribution in [0.1, 0.15) is 28.4 Å². The average Bonchev–Trinajstić information content (AvgIpc) is 3.18. The van der Waals surface area contributed by atoms with Crippen molar-refractivity contribution in [2.24, 2.45) is 0 Å². The lowest BCUT2D eigenvalue weighted by Gasteiger charge is -2.24. The molecule has 2 aliphatic heterocycles. The predicted molar refractivity (Wildman–Crippen MR) is 65.0 cm³/mol. The minimum Gasteiger partial charge on any atom is -0.496 e. The third-order valence-electron chi connectivity index (χ3n) is 3.55.